The molecule has 1 aliphatic heterocycles. The fourth-order valence-corrected chi connectivity index (χ4v) is 5.32. The van der Waals surface area contributed by atoms with Crippen LogP contribution < -0.4 is 10.0 Å². The van der Waals surface area contributed by atoms with Crippen molar-refractivity contribution in [2.24, 2.45) is 0 Å². The third-order valence-corrected chi connectivity index (χ3v) is 7.29. The lowest BCUT2D eigenvalue weighted by Crippen LogP contribution is -2.34. The molecule has 0 amide bonds. The van der Waals surface area contributed by atoms with Crippen LogP contribution in [0.4, 0.5) is 0 Å². The summed E-state index contributed by atoms with van der Waals surface area (Å²) in [6.07, 6.45) is 1.12. The van der Waals surface area contributed by atoms with Gasteiger partial charge in [-0.25, -0.2) is 21.6 Å². The molecule has 1 aromatic carbocycles. The molecule has 6 nitrogen and oxygen atoms in total. The maximum atomic E-state index is 12.1. The molecule has 1 aliphatic rings. The van der Waals surface area contributed by atoms with Gasteiger partial charge in [-0.3, -0.25) is 0 Å². The van der Waals surface area contributed by atoms with Crippen LogP contribution in [-0.4, -0.2) is 41.4 Å². The number of hydrogen-bond donors (Lipinski definition) is 2. The van der Waals surface area contributed by atoms with Crippen molar-refractivity contribution in [2.75, 3.05) is 19.3 Å². The normalized spacial score (nSPS) is 21.5. The summed E-state index contributed by atoms with van der Waals surface area (Å²) in [6, 6.07) is 6.52. The molecule has 1 heterocycles. The number of rotatable bonds is 6. The summed E-state index contributed by atoms with van der Waals surface area (Å²) in [5, 5.41) is 2.38. The van der Waals surface area contributed by atoms with E-state index in [1.165, 1.54) is 12.1 Å². The Hall–Kier alpha value is -0.960. The van der Waals surface area contributed by atoms with Gasteiger partial charge in [0, 0.05) is 13.1 Å². The molecule has 0 radical (unpaired) electrons. The second-order valence-electron chi connectivity index (χ2n) is 5.16. The predicted octanol–water partition coefficient (Wildman–Crippen LogP) is 0.262. The first-order valence-electron chi connectivity index (χ1n) is 6.80. The van der Waals surface area contributed by atoms with Crippen LogP contribution >= 0.6 is 0 Å². The Bertz CT molecular complexity index is 681. The second kappa shape index (κ2) is 6.43. The van der Waals surface area contributed by atoms with E-state index in [-0.39, 0.29) is 17.2 Å². The molecule has 0 aliphatic carbocycles. The highest BCUT2D eigenvalue weighted by Gasteiger charge is 2.32. The van der Waals surface area contributed by atoms with Crippen LogP contribution in [0.15, 0.2) is 29.2 Å². The summed E-state index contributed by atoms with van der Waals surface area (Å²) in [5.41, 5.74) is 0.981. The number of sulfone groups is 1. The van der Waals surface area contributed by atoms with E-state index in [0.717, 1.165) is 5.56 Å². The highest BCUT2D eigenvalue weighted by Crippen LogP contribution is 2.20. The molecule has 1 unspecified atom stereocenters. The van der Waals surface area contributed by atoms with E-state index in [9.17, 15) is 16.8 Å². The van der Waals surface area contributed by atoms with Crippen molar-refractivity contribution >= 4 is 19.9 Å². The lowest BCUT2D eigenvalue weighted by molar-refractivity contribution is 0.571. The van der Waals surface area contributed by atoms with Crippen molar-refractivity contribution in [2.45, 2.75) is 29.5 Å². The van der Waals surface area contributed by atoms with Gasteiger partial charge in [0.1, 0.15) is 0 Å². The molecular formula is C13H20N2O4S2. The summed E-state index contributed by atoms with van der Waals surface area (Å²) in [7, 11) is -4.99. The highest BCUT2D eigenvalue weighted by molar-refractivity contribution is 7.92. The highest BCUT2D eigenvalue weighted by atomic mass is 32.2. The quantitative estimate of drug-likeness (QED) is 0.780. The van der Waals surface area contributed by atoms with Gasteiger partial charge < -0.3 is 5.32 Å². The van der Waals surface area contributed by atoms with Gasteiger partial charge in [0.2, 0.25) is 10.0 Å². The van der Waals surface area contributed by atoms with Gasteiger partial charge in [0.05, 0.1) is 15.9 Å². The minimum atomic E-state index is -3.66. The molecule has 0 spiro atoms. The van der Waals surface area contributed by atoms with Gasteiger partial charge in [-0.1, -0.05) is 12.1 Å². The zero-order valence-corrected chi connectivity index (χ0v) is 13.5. The van der Waals surface area contributed by atoms with E-state index in [1.54, 1.807) is 12.1 Å². The number of hydrogen-bond acceptors (Lipinski definition) is 5. The predicted molar refractivity (Wildman–Crippen MR) is 81.2 cm³/mol. The first-order valence-corrected chi connectivity index (χ1v) is 10.00. The molecule has 0 saturated carbocycles. The zero-order chi connectivity index (χ0) is 15.5. The second-order valence-corrected chi connectivity index (χ2v) is 9.32. The van der Waals surface area contributed by atoms with Crippen molar-refractivity contribution < 1.29 is 16.8 Å². The molecule has 8 heteroatoms. The van der Waals surface area contributed by atoms with E-state index in [1.807, 2.05) is 7.05 Å². The van der Waals surface area contributed by atoms with Crippen LogP contribution in [0.1, 0.15) is 18.4 Å². The fourth-order valence-electron chi connectivity index (χ4n) is 2.36. The third-order valence-electron chi connectivity index (χ3n) is 3.58. The van der Waals surface area contributed by atoms with Gasteiger partial charge in [-0.05, 0) is 37.6 Å². The van der Waals surface area contributed by atoms with Crippen molar-refractivity contribution in [3.63, 3.8) is 0 Å². The first kappa shape index (κ1) is 16.4. The fraction of sp³-hybridized carbons (Fsp3) is 0.538. The Labute approximate surface area is 125 Å². The molecule has 2 rings (SSSR count). The van der Waals surface area contributed by atoms with Gasteiger partial charge in [-0.2, -0.15) is 0 Å². The smallest absolute Gasteiger partial charge is 0.240 e. The lowest BCUT2D eigenvalue weighted by Gasteiger charge is -2.11. The molecule has 0 aromatic heterocycles. The van der Waals surface area contributed by atoms with E-state index in [0.29, 0.717) is 19.4 Å². The van der Waals surface area contributed by atoms with Crippen molar-refractivity contribution in [3.05, 3.63) is 29.8 Å². The maximum absolute atomic E-state index is 12.1. The molecule has 1 fully saturated rings. The Morgan fingerprint density at radius 2 is 1.90 bits per heavy atom. The van der Waals surface area contributed by atoms with Crippen LogP contribution in [0, 0.1) is 0 Å². The van der Waals surface area contributed by atoms with Crippen molar-refractivity contribution in [1.29, 1.82) is 0 Å². The van der Waals surface area contributed by atoms with Crippen molar-refractivity contribution in [1.82, 2.24) is 10.0 Å². The Kier molecular flexibility index (Phi) is 5.03. The zero-order valence-electron chi connectivity index (χ0n) is 11.9. The number of benzene rings is 1. The standard InChI is InChI=1S/C13H20N2O4S2/c1-14-9-11-4-6-12(7-5-11)21(18,19)15-10-13-3-2-8-20(13,16)17/h4-7,13-15H,2-3,8-10H2,1H3. The summed E-state index contributed by atoms with van der Waals surface area (Å²) in [6.45, 7) is 0.608. The molecule has 21 heavy (non-hydrogen) atoms. The Balaban J connectivity index is 2.04. The summed E-state index contributed by atoms with van der Waals surface area (Å²) < 4.78 is 50.1. The molecule has 1 saturated heterocycles. The number of nitrogens with one attached hydrogen (secondary N) is 2. The lowest BCUT2D eigenvalue weighted by atomic mass is 10.2. The molecule has 1 atom stereocenters. The maximum Gasteiger partial charge on any atom is 0.240 e. The molecule has 118 valence electrons. The van der Waals surface area contributed by atoms with Gasteiger partial charge in [0.25, 0.3) is 0 Å². The number of sulfonamides is 1. The van der Waals surface area contributed by atoms with E-state index < -0.39 is 25.1 Å². The van der Waals surface area contributed by atoms with E-state index in [2.05, 4.69) is 10.0 Å². The average Bonchev–Trinajstić information content (AvgIpc) is 2.76. The topological polar surface area (TPSA) is 92.3 Å². The molecule has 0 bridgehead atoms. The van der Waals surface area contributed by atoms with Gasteiger partial charge in [0.15, 0.2) is 9.84 Å². The van der Waals surface area contributed by atoms with Crippen LogP contribution in [-0.2, 0) is 26.4 Å². The van der Waals surface area contributed by atoms with Crippen molar-refractivity contribution in [3.8, 4) is 0 Å². The monoisotopic (exact) mass is 332 g/mol. The van der Waals surface area contributed by atoms with E-state index in [4.69, 9.17) is 0 Å². The minimum Gasteiger partial charge on any atom is -0.316 e. The Morgan fingerprint density at radius 3 is 2.43 bits per heavy atom. The van der Waals surface area contributed by atoms with Gasteiger partial charge in [-0.15, -0.1) is 0 Å². The van der Waals surface area contributed by atoms with Crippen LogP contribution in [0.25, 0.3) is 0 Å². The minimum absolute atomic E-state index is 0.0526. The third kappa shape index (κ3) is 4.03. The molecule has 2 N–H and O–H groups in total. The van der Waals surface area contributed by atoms with Crippen LogP contribution in [0.3, 0.4) is 0 Å². The van der Waals surface area contributed by atoms with Gasteiger partial charge >= 0.3 is 0 Å². The summed E-state index contributed by atoms with van der Waals surface area (Å²) in [4.78, 5) is 0.151. The Morgan fingerprint density at radius 1 is 1.24 bits per heavy atom. The largest absolute Gasteiger partial charge is 0.316 e. The average molecular weight is 332 g/mol. The summed E-state index contributed by atoms with van der Waals surface area (Å²) in [5.74, 6) is 0.151. The van der Waals surface area contributed by atoms with Crippen LogP contribution in [0.5, 0.6) is 0 Å². The SMILES string of the molecule is CNCc1ccc(S(=O)(=O)NCC2CCCS2(=O)=O)cc1. The van der Waals surface area contributed by atoms with Crippen LogP contribution in [0.2, 0.25) is 0 Å². The molecule has 1 aromatic rings. The summed E-state index contributed by atoms with van der Waals surface area (Å²) >= 11 is 0. The molecular weight excluding hydrogens is 312 g/mol. The first-order chi connectivity index (χ1) is 9.85. The van der Waals surface area contributed by atoms with E-state index >= 15 is 0 Å².